The molecule has 1 unspecified atom stereocenters. The van der Waals surface area contributed by atoms with Gasteiger partial charge in [-0.15, -0.1) is 0 Å². The summed E-state index contributed by atoms with van der Waals surface area (Å²) in [5.74, 6) is 0. The van der Waals surface area contributed by atoms with Gasteiger partial charge in [-0.1, -0.05) is 18.2 Å². The molecule has 0 spiro atoms. The SMILES string of the molecule is CO[C@@H]1CNCC1NS(=O)(=O)c1ccccc1. The molecule has 2 rings (SSSR count). The molecule has 0 aromatic heterocycles. The zero-order chi connectivity index (χ0) is 12.3. The van der Waals surface area contributed by atoms with Crippen molar-refractivity contribution in [3.05, 3.63) is 30.3 Å². The molecule has 2 N–H and O–H groups in total. The molecule has 1 heterocycles. The van der Waals surface area contributed by atoms with Gasteiger partial charge in [0.15, 0.2) is 0 Å². The highest BCUT2D eigenvalue weighted by atomic mass is 32.2. The van der Waals surface area contributed by atoms with E-state index in [2.05, 4.69) is 10.0 Å². The van der Waals surface area contributed by atoms with E-state index in [-0.39, 0.29) is 17.0 Å². The summed E-state index contributed by atoms with van der Waals surface area (Å²) >= 11 is 0. The average Bonchev–Trinajstić information content (AvgIpc) is 2.77. The summed E-state index contributed by atoms with van der Waals surface area (Å²) in [6.45, 7) is 1.25. The summed E-state index contributed by atoms with van der Waals surface area (Å²) in [6.07, 6.45) is -0.117. The molecule has 0 amide bonds. The molecule has 1 aromatic rings. The Kier molecular flexibility index (Phi) is 3.78. The average molecular weight is 256 g/mol. The maximum absolute atomic E-state index is 12.1. The Morgan fingerprint density at radius 1 is 1.29 bits per heavy atom. The van der Waals surface area contributed by atoms with Gasteiger partial charge in [-0.2, -0.15) is 0 Å². The zero-order valence-corrected chi connectivity index (χ0v) is 10.4. The number of sulfonamides is 1. The lowest BCUT2D eigenvalue weighted by Gasteiger charge is -2.18. The molecule has 0 bridgehead atoms. The Morgan fingerprint density at radius 2 is 2.00 bits per heavy atom. The van der Waals surface area contributed by atoms with Crippen molar-refractivity contribution in [1.82, 2.24) is 10.0 Å². The van der Waals surface area contributed by atoms with Gasteiger partial charge in [0.05, 0.1) is 17.0 Å². The Morgan fingerprint density at radius 3 is 2.65 bits per heavy atom. The first-order valence-electron chi connectivity index (χ1n) is 5.44. The lowest BCUT2D eigenvalue weighted by molar-refractivity contribution is 0.103. The Hall–Kier alpha value is -0.950. The minimum Gasteiger partial charge on any atom is -0.378 e. The van der Waals surface area contributed by atoms with Crippen LogP contribution in [0.15, 0.2) is 35.2 Å². The molecule has 94 valence electrons. The van der Waals surface area contributed by atoms with Crippen LogP contribution in [0, 0.1) is 0 Å². The van der Waals surface area contributed by atoms with Crippen molar-refractivity contribution in [2.45, 2.75) is 17.0 Å². The summed E-state index contributed by atoms with van der Waals surface area (Å²) in [7, 11) is -1.87. The first-order valence-corrected chi connectivity index (χ1v) is 6.92. The normalized spacial score (nSPS) is 25.0. The Balaban J connectivity index is 2.13. The zero-order valence-electron chi connectivity index (χ0n) is 9.59. The number of ether oxygens (including phenoxy) is 1. The second-order valence-electron chi connectivity index (χ2n) is 3.97. The van der Waals surface area contributed by atoms with E-state index in [0.29, 0.717) is 13.1 Å². The van der Waals surface area contributed by atoms with E-state index in [1.165, 1.54) is 0 Å². The third kappa shape index (κ3) is 2.84. The molecular formula is C11H16N2O3S. The standard InChI is InChI=1S/C11H16N2O3S/c1-16-11-8-12-7-10(11)13-17(14,15)9-5-3-2-4-6-9/h2-6,10-13H,7-8H2,1H3/t10?,11-/m1/s1. The summed E-state index contributed by atoms with van der Waals surface area (Å²) in [4.78, 5) is 0.279. The molecular weight excluding hydrogens is 240 g/mol. The van der Waals surface area contributed by atoms with E-state index in [0.717, 1.165) is 0 Å². The molecule has 6 heteroatoms. The summed E-state index contributed by atoms with van der Waals surface area (Å²) < 4.78 is 32.0. The van der Waals surface area contributed by atoms with Crippen molar-refractivity contribution in [3.8, 4) is 0 Å². The van der Waals surface area contributed by atoms with Crippen molar-refractivity contribution in [2.24, 2.45) is 0 Å². The molecule has 0 aliphatic carbocycles. The highest BCUT2D eigenvalue weighted by Crippen LogP contribution is 2.11. The molecule has 1 fully saturated rings. The van der Waals surface area contributed by atoms with Crippen LogP contribution in [-0.4, -0.2) is 40.8 Å². The van der Waals surface area contributed by atoms with Crippen LogP contribution in [0.4, 0.5) is 0 Å². The van der Waals surface area contributed by atoms with E-state index >= 15 is 0 Å². The fourth-order valence-corrected chi connectivity index (χ4v) is 3.17. The number of benzene rings is 1. The minimum absolute atomic E-state index is 0.117. The van der Waals surface area contributed by atoms with E-state index in [1.54, 1.807) is 37.4 Å². The number of rotatable bonds is 4. The van der Waals surface area contributed by atoms with Crippen LogP contribution in [0.1, 0.15) is 0 Å². The molecule has 17 heavy (non-hydrogen) atoms. The Bertz CT molecular complexity index is 461. The van der Waals surface area contributed by atoms with Crippen LogP contribution in [0.3, 0.4) is 0 Å². The molecule has 0 saturated carbocycles. The van der Waals surface area contributed by atoms with Crippen LogP contribution in [-0.2, 0) is 14.8 Å². The molecule has 1 aliphatic rings. The summed E-state index contributed by atoms with van der Waals surface area (Å²) in [5, 5.41) is 3.10. The van der Waals surface area contributed by atoms with E-state index in [9.17, 15) is 8.42 Å². The van der Waals surface area contributed by atoms with Gasteiger partial charge in [0.1, 0.15) is 0 Å². The lowest BCUT2D eigenvalue weighted by Crippen LogP contribution is -2.43. The number of hydrogen-bond acceptors (Lipinski definition) is 4. The van der Waals surface area contributed by atoms with Gasteiger partial charge in [0, 0.05) is 20.2 Å². The fourth-order valence-electron chi connectivity index (χ4n) is 1.89. The smallest absolute Gasteiger partial charge is 0.240 e. The minimum atomic E-state index is -3.46. The van der Waals surface area contributed by atoms with E-state index in [4.69, 9.17) is 4.74 Å². The van der Waals surface area contributed by atoms with Gasteiger partial charge in [-0.25, -0.2) is 13.1 Å². The van der Waals surface area contributed by atoms with Gasteiger partial charge in [-0.3, -0.25) is 0 Å². The van der Waals surface area contributed by atoms with Gasteiger partial charge >= 0.3 is 0 Å². The predicted octanol–water partition coefficient (Wildman–Crippen LogP) is -0.0483. The summed E-state index contributed by atoms with van der Waals surface area (Å²) in [5.41, 5.74) is 0. The molecule has 1 aromatic carbocycles. The van der Waals surface area contributed by atoms with Crippen LogP contribution >= 0.6 is 0 Å². The highest BCUT2D eigenvalue weighted by Gasteiger charge is 2.30. The first-order chi connectivity index (χ1) is 8.13. The topological polar surface area (TPSA) is 67.4 Å². The van der Waals surface area contributed by atoms with Crippen molar-refractivity contribution in [2.75, 3.05) is 20.2 Å². The number of methoxy groups -OCH3 is 1. The quantitative estimate of drug-likeness (QED) is 0.793. The van der Waals surface area contributed by atoms with Crippen LogP contribution in [0.5, 0.6) is 0 Å². The maximum Gasteiger partial charge on any atom is 0.240 e. The lowest BCUT2D eigenvalue weighted by atomic mass is 10.2. The highest BCUT2D eigenvalue weighted by molar-refractivity contribution is 7.89. The molecule has 2 atom stereocenters. The van der Waals surface area contributed by atoms with Crippen LogP contribution in [0.2, 0.25) is 0 Å². The number of hydrogen-bond donors (Lipinski definition) is 2. The first kappa shape index (κ1) is 12.5. The maximum atomic E-state index is 12.1. The van der Waals surface area contributed by atoms with Gasteiger partial charge in [0.25, 0.3) is 0 Å². The third-order valence-corrected chi connectivity index (χ3v) is 4.33. The molecule has 0 radical (unpaired) electrons. The second-order valence-corrected chi connectivity index (χ2v) is 5.69. The van der Waals surface area contributed by atoms with Gasteiger partial charge < -0.3 is 10.1 Å². The van der Waals surface area contributed by atoms with Crippen molar-refractivity contribution in [1.29, 1.82) is 0 Å². The van der Waals surface area contributed by atoms with E-state index in [1.807, 2.05) is 0 Å². The van der Waals surface area contributed by atoms with E-state index < -0.39 is 10.0 Å². The summed E-state index contributed by atoms with van der Waals surface area (Å²) in [6, 6.07) is 8.13. The predicted molar refractivity (Wildman–Crippen MR) is 64.2 cm³/mol. The van der Waals surface area contributed by atoms with Crippen molar-refractivity contribution < 1.29 is 13.2 Å². The van der Waals surface area contributed by atoms with Crippen LogP contribution in [0.25, 0.3) is 0 Å². The monoisotopic (exact) mass is 256 g/mol. The Labute approximate surface area is 101 Å². The largest absolute Gasteiger partial charge is 0.378 e. The second kappa shape index (κ2) is 5.14. The van der Waals surface area contributed by atoms with Crippen LogP contribution < -0.4 is 10.0 Å². The molecule has 1 saturated heterocycles. The fraction of sp³-hybridized carbons (Fsp3) is 0.455. The molecule has 1 aliphatic heterocycles. The van der Waals surface area contributed by atoms with Gasteiger partial charge in [0.2, 0.25) is 10.0 Å². The van der Waals surface area contributed by atoms with Crippen molar-refractivity contribution in [3.63, 3.8) is 0 Å². The third-order valence-electron chi connectivity index (χ3n) is 2.82. The molecule has 5 nitrogen and oxygen atoms in total. The number of nitrogens with one attached hydrogen (secondary N) is 2. The van der Waals surface area contributed by atoms with Crippen molar-refractivity contribution >= 4 is 10.0 Å². The van der Waals surface area contributed by atoms with Gasteiger partial charge in [-0.05, 0) is 12.1 Å².